The molecule has 2 aliphatic rings. The van der Waals surface area contributed by atoms with Crippen molar-refractivity contribution in [3.05, 3.63) is 65.7 Å². The van der Waals surface area contributed by atoms with Crippen molar-refractivity contribution in [1.29, 1.82) is 0 Å². The minimum absolute atomic E-state index is 0.183. The molecule has 4 aromatic rings. The van der Waals surface area contributed by atoms with Crippen LogP contribution in [0.2, 0.25) is 0 Å². The highest BCUT2D eigenvalue weighted by atomic mass is 32.2. The Balaban J connectivity index is 1.32. The van der Waals surface area contributed by atoms with Crippen molar-refractivity contribution in [3.8, 4) is 17.4 Å². The molecular weight excluding hydrogens is 597 g/mol. The summed E-state index contributed by atoms with van der Waals surface area (Å²) >= 11 is 1.26. The Hall–Kier alpha value is -3.25. The first kappa shape index (κ1) is 30.8. The first-order valence-corrected chi connectivity index (χ1v) is 17.7. The summed E-state index contributed by atoms with van der Waals surface area (Å²) in [6, 6.07) is 15.4. The molecule has 0 saturated carbocycles. The number of likely N-dealkylation sites (N-methyl/N-ethyl adjacent to an activating group) is 1. The lowest BCUT2D eigenvalue weighted by molar-refractivity contribution is 0.243. The fourth-order valence-corrected chi connectivity index (χ4v) is 9.36. The van der Waals surface area contributed by atoms with Crippen LogP contribution in [0.5, 0.6) is 17.4 Å². The molecule has 44 heavy (non-hydrogen) atoms. The highest BCUT2D eigenvalue weighted by molar-refractivity contribution is 7.91. The standard InChI is InChI=1S/C33H42N4O5S2/c1-4-34-16-18-35(19-17-34)28-8-5-7-26-27(28)23-37(33(26)38)29(25-10-11-30(41-2)31(22-25)42-3)21-24-12-14-36(15-13-24)44(39,40)32-9-6-20-43-32/h5-11,20,22-24,29,38H,4,12-19,21H2,1-3H3. The van der Waals surface area contributed by atoms with Crippen LogP contribution in [0.15, 0.2) is 64.3 Å². The number of benzene rings is 2. The SMILES string of the molecule is CCN1CCN(c2cccc3c(O)n(C(CC4CCN(S(=O)(=O)c5cccs5)CC4)c4ccc(OC)c(OC)c4)cc23)CC1. The van der Waals surface area contributed by atoms with E-state index in [1.165, 1.54) is 11.3 Å². The smallest absolute Gasteiger partial charge is 0.252 e. The van der Waals surface area contributed by atoms with Gasteiger partial charge in [-0.2, -0.15) is 4.31 Å². The number of hydrogen-bond acceptors (Lipinski definition) is 8. The van der Waals surface area contributed by atoms with Crippen LogP contribution < -0.4 is 14.4 Å². The van der Waals surface area contributed by atoms with E-state index in [0.29, 0.717) is 28.8 Å². The van der Waals surface area contributed by atoms with Crippen LogP contribution in [0, 0.1) is 5.92 Å². The molecule has 2 aliphatic heterocycles. The van der Waals surface area contributed by atoms with Crippen molar-refractivity contribution in [3.63, 3.8) is 0 Å². The second-order valence-electron chi connectivity index (χ2n) is 11.7. The van der Waals surface area contributed by atoms with Gasteiger partial charge in [0.25, 0.3) is 10.0 Å². The fraction of sp³-hybridized carbons (Fsp3) is 0.455. The zero-order valence-corrected chi connectivity index (χ0v) is 27.3. The molecule has 1 N–H and O–H groups in total. The third-order valence-corrected chi connectivity index (χ3v) is 12.6. The fourth-order valence-electron chi connectivity index (χ4n) is 6.75. The maximum Gasteiger partial charge on any atom is 0.252 e. The summed E-state index contributed by atoms with van der Waals surface area (Å²) < 4.78 is 41.5. The van der Waals surface area contributed by atoms with Crippen LogP contribution in [0.3, 0.4) is 0 Å². The molecule has 1 atom stereocenters. The largest absolute Gasteiger partial charge is 0.494 e. The van der Waals surface area contributed by atoms with E-state index in [4.69, 9.17) is 9.47 Å². The molecular formula is C33H42N4O5S2. The zero-order valence-electron chi connectivity index (χ0n) is 25.7. The van der Waals surface area contributed by atoms with Crippen LogP contribution in [-0.2, 0) is 10.0 Å². The molecule has 4 heterocycles. The quantitative estimate of drug-likeness (QED) is 0.240. The zero-order chi connectivity index (χ0) is 30.8. The Morgan fingerprint density at radius 3 is 2.34 bits per heavy atom. The molecule has 1 unspecified atom stereocenters. The number of nitrogens with zero attached hydrogens (tertiary/aromatic N) is 4. The monoisotopic (exact) mass is 638 g/mol. The Morgan fingerprint density at radius 1 is 0.932 bits per heavy atom. The van der Waals surface area contributed by atoms with Gasteiger partial charge in [-0.05, 0) is 73.0 Å². The average molecular weight is 639 g/mol. The summed E-state index contributed by atoms with van der Waals surface area (Å²) in [6.45, 7) is 8.17. The maximum atomic E-state index is 13.2. The predicted octanol–water partition coefficient (Wildman–Crippen LogP) is 5.65. The number of thiophene rings is 1. The van der Waals surface area contributed by atoms with E-state index in [2.05, 4.69) is 29.0 Å². The number of aromatic hydroxyl groups is 1. The van der Waals surface area contributed by atoms with Crippen LogP contribution in [0.25, 0.3) is 10.8 Å². The molecule has 2 fully saturated rings. The van der Waals surface area contributed by atoms with Gasteiger partial charge in [0.2, 0.25) is 0 Å². The Labute approximate surface area is 264 Å². The number of ether oxygens (including phenoxy) is 2. The topological polar surface area (TPSA) is 87.5 Å². The Kier molecular flexibility index (Phi) is 9.09. The van der Waals surface area contributed by atoms with Gasteiger partial charge in [-0.25, -0.2) is 8.42 Å². The lowest BCUT2D eigenvalue weighted by Gasteiger charge is -2.35. The number of aromatic nitrogens is 1. The van der Waals surface area contributed by atoms with Crippen LogP contribution in [-0.4, -0.2) is 87.3 Å². The second-order valence-corrected chi connectivity index (χ2v) is 14.8. The molecule has 2 aromatic carbocycles. The molecule has 0 aliphatic carbocycles. The summed E-state index contributed by atoms with van der Waals surface area (Å²) in [5.41, 5.74) is 2.15. The molecule has 0 radical (unpaired) electrons. The lowest BCUT2D eigenvalue weighted by Crippen LogP contribution is -2.46. The van der Waals surface area contributed by atoms with Gasteiger partial charge in [0.15, 0.2) is 17.4 Å². The van der Waals surface area contributed by atoms with Gasteiger partial charge in [0.05, 0.1) is 20.3 Å². The van der Waals surface area contributed by atoms with E-state index in [9.17, 15) is 13.5 Å². The van der Waals surface area contributed by atoms with Crippen LogP contribution >= 0.6 is 11.3 Å². The van der Waals surface area contributed by atoms with E-state index in [1.807, 2.05) is 34.9 Å². The maximum absolute atomic E-state index is 13.2. The van der Waals surface area contributed by atoms with E-state index < -0.39 is 10.0 Å². The van der Waals surface area contributed by atoms with Gasteiger partial charge in [-0.1, -0.05) is 25.1 Å². The first-order valence-electron chi connectivity index (χ1n) is 15.4. The van der Waals surface area contributed by atoms with Gasteiger partial charge in [-0.3, -0.25) is 0 Å². The predicted molar refractivity (Wildman–Crippen MR) is 176 cm³/mol. The summed E-state index contributed by atoms with van der Waals surface area (Å²) in [6.07, 6.45) is 4.36. The summed E-state index contributed by atoms with van der Waals surface area (Å²) in [4.78, 5) is 4.89. The molecule has 2 aromatic heterocycles. The molecule has 0 bridgehead atoms. The normalized spacial score (nSPS) is 18.1. The van der Waals surface area contributed by atoms with Gasteiger partial charge in [0.1, 0.15) is 4.21 Å². The van der Waals surface area contributed by atoms with E-state index in [-0.39, 0.29) is 17.8 Å². The molecule has 9 nitrogen and oxygen atoms in total. The average Bonchev–Trinajstić information content (AvgIpc) is 3.73. The number of rotatable bonds is 10. The van der Waals surface area contributed by atoms with E-state index in [1.54, 1.807) is 36.0 Å². The lowest BCUT2D eigenvalue weighted by atomic mass is 9.88. The third kappa shape index (κ3) is 5.90. The Bertz CT molecular complexity index is 1670. The first-order chi connectivity index (χ1) is 21.3. The van der Waals surface area contributed by atoms with Crippen LogP contribution in [0.1, 0.15) is 37.8 Å². The minimum atomic E-state index is -3.47. The molecule has 11 heteroatoms. The second kappa shape index (κ2) is 13.0. The van der Waals surface area contributed by atoms with Crippen molar-refractivity contribution in [2.75, 3.05) is 64.9 Å². The number of methoxy groups -OCH3 is 2. The van der Waals surface area contributed by atoms with Crippen LogP contribution in [0.4, 0.5) is 5.69 Å². The summed E-state index contributed by atoms with van der Waals surface area (Å²) in [5, 5.41) is 15.4. The van der Waals surface area contributed by atoms with E-state index in [0.717, 1.165) is 74.0 Å². The van der Waals surface area contributed by atoms with Gasteiger partial charge < -0.3 is 28.9 Å². The molecule has 2 saturated heterocycles. The third-order valence-electron chi connectivity index (χ3n) is 9.34. The van der Waals surface area contributed by atoms with Gasteiger partial charge in [0, 0.05) is 61.9 Å². The molecule has 0 amide bonds. The molecule has 6 rings (SSSR count). The van der Waals surface area contributed by atoms with Gasteiger partial charge >= 0.3 is 0 Å². The van der Waals surface area contributed by atoms with Crippen molar-refractivity contribution in [1.82, 2.24) is 13.8 Å². The number of piperazine rings is 1. The number of hydrogen-bond donors (Lipinski definition) is 1. The molecule has 0 spiro atoms. The van der Waals surface area contributed by atoms with Gasteiger partial charge in [-0.15, -0.1) is 11.3 Å². The van der Waals surface area contributed by atoms with Crippen molar-refractivity contribution in [2.45, 2.75) is 36.4 Å². The van der Waals surface area contributed by atoms with E-state index >= 15 is 0 Å². The molecule has 236 valence electrons. The Morgan fingerprint density at radius 2 is 1.68 bits per heavy atom. The van der Waals surface area contributed by atoms with Crippen molar-refractivity contribution in [2.24, 2.45) is 5.92 Å². The number of sulfonamides is 1. The highest BCUT2D eigenvalue weighted by Gasteiger charge is 2.33. The van der Waals surface area contributed by atoms with Crippen molar-refractivity contribution >= 4 is 37.8 Å². The minimum Gasteiger partial charge on any atom is -0.494 e. The number of fused-ring (bicyclic) bond motifs is 1. The summed E-state index contributed by atoms with van der Waals surface area (Å²) in [5.74, 6) is 1.80. The van der Waals surface area contributed by atoms with Crippen molar-refractivity contribution < 1.29 is 23.0 Å². The summed E-state index contributed by atoms with van der Waals surface area (Å²) in [7, 11) is -0.212. The number of piperidine rings is 1. The number of anilines is 1. The highest BCUT2D eigenvalue weighted by Crippen LogP contribution is 2.42.